The quantitative estimate of drug-likeness (QED) is 0.436. The molecule has 0 unspecified atom stereocenters. The maximum atomic E-state index is 14.0. The molecule has 37 heavy (non-hydrogen) atoms. The molecule has 2 atom stereocenters. The zero-order valence-electron chi connectivity index (χ0n) is 22.0. The van der Waals surface area contributed by atoms with Crippen molar-refractivity contribution in [2.75, 3.05) is 33.4 Å². The predicted octanol–water partition coefficient (Wildman–Crippen LogP) is 3.10. The largest absolute Gasteiger partial charge is 0.481 e. The van der Waals surface area contributed by atoms with Crippen LogP contribution in [0.3, 0.4) is 0 Å². The summed E-state index contributed by atoms with van der Waals surface area (Å²) in [6, 6.07) is 7.18. The Morgan fingerprint density at radius 3 is 2.57 bits per heavy atom. The van der Waals surface area contributed by atoms with Crippen LogP contribution in [0.15, 0.2) is 24.3 Å². The summed E-state index contributed by atoms with van der Waals surface area (Å²) in [6.45, 7) is 6.78. The van der Waals surface area contributed by atoms with Crippen molar-refractivity contribution in [1.29, 1.82) is 0 Å². The van der Waals surface area contributed by atoms with Crippen molar-refractivity contribution in [1.82, 2.24) is 24.8 Å². The van der Waals surface area contributed by atoms with Crippen LogP contribution in [0.5, 0.6) is 0 Å². The van der Waals surface area contributed by atoms with E-state index in [2.05, 4.69) is 10.3 Å². The van der Waals surface area contributed by atoms with E-state index in [1.54, 1.807) is 16.7 Å². The third-order valence-corrected chi connectivity index (χ3v) is 6.54. The average Bonchev–Trinajstić information content (AvgIpc) is 3.28. The van der Waals surface area contributed by atoms with Gasteiger partial charge in [-0.2, -0.15) is 0 Å². The molecule has 0 bridgehead atoms. The van der Waals surface area contributed by atoms with Gasteiger partial charge >= 0.3 is 12.1 Å². The summed E-state index contributed by atoms with van der Waals surface area (Å²) in [6.07, 6.45) is 1.08. The molecular formula is C26H37N5O6. The normalized spacial score (nSPS) is 17.7. The summed E-state index contributed by atoms with van der Waals surface area (Å²) in [7, 11) is 1.65. The first-order valence-corrected chi connectivity index (χ1v) is 12.6. The van der Waals surface area contributed by atoms with Gasteiger partial charge in [0.2, 0.25) is 0 Å². The molecule has 1 saturated heterocycles. The number of likely N-dealkylation sites (tertiary alicyclic amines) is 1. The molecule has 1 fully saturated rings. The van der Waals surface area contributed by atoms with Crippen LogP contribution in [0.2, 0.25) is 0 Å². The second-order valence-electron chi connectivity index (χ2n) is 10.0. The average molecular weight is 516 g/mol. The molecule has 0 saturated carbocycles. The van der Waals surface area contributed by atoms with E-state index in [1.807, 2.05) is 45.0 Å². The Balaban J connectivity index is 2.00. The Morgan fingerprint density at radius 1 is 1.19 bits per heavy atom. The Labute approximate surface area is 217 Å². The third-order valence-electron chi connectivity index (χ3n) is 6.54. The second kappa shape index (κ2) is 12.7. The van der Waals surface area contributed by atoms with Crippen molar-refractivity contribution < 1.29 is 29.3 Å². The van der Waals surface area contributed by atoms with Crippen LogP contribution in [0.25, 0.3) is 5.69 Å². The fraction of sp³-hybridized carbons (Fsp3) is 0.577. The number of carbonyl (C=O) groups is 3. The summed E-state index contributed by atoms with van der Waals surface area (Å²) in [4.78, 5) is 40.3. The number of aliphatic carboxylic acids is 1. The molecule has 1 aromatic heterocycles. The number of unbranched alkanes of at least 4 members (excludes halogenated alkanes) is 1. The van der Waals surface area contributed by atoms with Gasteiger partial charge in [0.1, 0.15) is 0 Å². The van der Waals surface area contributed by atoms with E-state index in [0.717, 1.165) is 29.0 Å². The van der Waals surface area contributed by atoms with Crippen LogP contribution >= 0.6 is 0 Å². The number of piperidine rings is 1. The van der Waals surface area contributed by atoms with Crippen molar-refractivity contribution in [2.24, 2.45) is 11.8 Å². The van der Waals surface area contributed by atoms with Gasteiger partial charge in [-0.3, -0.25) is 9.59 Å². The molecule has 1 aliphatic heterocycles. The fourth-order valence-corrected chi connectivity index (χ4v) is 4.76. The molecular weight excluding hydrogens is 478 g/mol. The number of ether oxygens (including phenoxy) is 1. The number of aromatic nitrogens is 3. The van der Waals surface area contributed by atoms with Crippen molar-refractivity contribution in [3.05, 3.63) is 41.2 Å². The van der Waals surface area contributed by atoms with Crippen LogP contribution < -0.4 is 0 Å². The number of methoxy groups -OCH3 is 1. The monoisotopic (exact) mass is 515 g/mol. The molecule has 11 nitrogen and oxygen atoms in total. The molecule has 1 aromatic carbocycles. The summed E-state index contributed by atoms with van der Waals surface area (Å²) in [5.74, 6) is -2.26. The number of hydrogen-bond acceptors (Lipinski definition) is 6. The van der Waals surface area contributed by atoms with E-state index < -0.39 is 24.0 Å². The number of aryl methyl sites for hydroxylation is 1. The number of benzene rings is 1. The summed E-state index contributed by atoms with van der Waals surface area (Å²) < 4.78 is 6.86. The van der Waals surface area contributed by atoms with Crippen molar-refractivity contribution in [2.45, 2.75) is 52.5 Å². The van der Waals surface area contributed by atoms with E-state index in [4.69, 9.17) is 4.74 Å². The van der Waals surface area contributed by atoms with Crippen molar-refractivity contribution in [3.63, 3.8) is 0 Å². The van der Waals surface area contributed by atoms with Gasteiger partial charge in [-0.05, 0) is 56.2 Å². The zero-order valence-corrected chi connectivity index (χ0v) is 22.0. The highest BCUT2D eigenvalue weighted by atomic mass is 16.5. The molecule has 2 aromatic rings. The predicted molar refractivity (Wildman–Crippen MR) is 136 cm³/mol. The minimum Gasteiger partial charge on any atom is -0.481 e. The maximum Gasteiger partial charge on any atom is 0.407 e. The Bertz CT molecular complexity index is 1080. The van der Waals surface area contributed by atoms with E-state index in [-0.39, 0.29) is 37.0 Å². The van der Waals surface area contributed by atoms with Gasteiger partial charge in [0.15, 0.2) is 5.69 Å². The number of carbonyl (C=O) groups excluding carboxylic acids is 1. The van der Waals surface area contributed by atoms with Crippen LogP contribution in [-0.2, 0) is 16.0 Å². The smallest absolute Gasteiger partial charge is 0.407 e. The SMILES string of the molecule is COCCCCc1c(C(=O)N(CC(C)C)[C@H]2C[C@@H](C(=O)O)CN(C(=O)O)C2)nnn1-c1cccc(C)c1. The molecule has 0 radical (unpaired) electrons. The fourth-order valence-electron chi connectivity index (χ4n) is 4.76. The van der Waals surface area contributed by atoms with Gasteiger partial charge in [-0.15, -0.1) is 5.10 Å². The summed E-state index contributed by atoms with van der Waals surface area (Å²) >= 11 is 0. The number of amides is 2. The molecule has 1 aliphatic rings. The molecule has 3 rings (SSSR count). The van der Waals surface area contributed by atoms with Crippen LogP contribution in [0, 0.1) is 18.8 Å². The molecule has 0 aliphatic carbocycles. The lowest BCUT2D eigenvalue weighted by atomic mass is 9.92. The van der Waals surface area contributed by atoms with Crippen LogP contribution in [-0.4, -0.2) is 92.4 Å². The number of nitrogens with zero attached hydrogens (tertiary/aromatic N) is 5. The number of carboxylic acid groups (broad SMARTS) is 2. The first kappa shape index (κ1) is 28.1. The van der Waals surface area contributed by atoms with Crippen LogP contribution in [0.1, 0.15) is 54.9 Å². The number of hydrogen-bond donors (Lipinski definition) is 2. The minimum atomic E-state index is -1.20. The topological polar surface area (TPSA) is 138 Å². The zero-order chi connectivity index (χ0) is 27.1. The summed E-state index contributed by atoms with van der Waals surface area (Å²) in [5.41, 5.74) is 2.72. The lowest BCUT2D eigenvalue weighted by Gasteiger charge is -2.41. The van der Waals surface area contributed by atoms with E-state index in [0.29, 0.717) is 25.3 Å². The standard InChI is InChI=1S/C26H37N5O6/c1-17(2)14-30(21-13-19(25(33)34)15-29(16-21)26(35)36)24(32)23-22(10-5-6-11-37-4)31(28-27-23)20-9-7-8-18(3)12-20/h7-9,12,17,19,21H,5-6,10-11,13-16H2,1-4H3,(H,33,34)(H,35,36)/t19-,21+/m1/s1. The van der Waals surface area contributed by atoms with Gasteiger partial charge in [-0.1, -0.05) is 31.2 Å². The van der Waals surface area contributed by atoms with Crippen molar-refractivity contribution in [3.8, 4) is 5.69 Å². The van der Waals surface area contributed by atoms with E-state index in [1.165, 1.54) is 0 Å². The second-order valence-corrected chi connectivity index (χ2v) is 10.0. The Morgan fingerprint density at radius 2 is 1.95 bits per heavy atom. The van der Waals surface area contributed by atoms with E-state index >= 15 is 0 Å². The Kier molecular flexibility index (Phi) is 9.62. The van der Waals surface area contributed by atoms with Gasteiger partial charge in [0, 0.05) is 33.4 Å². The third kappa shape index (κ3) is 7.06. The van der Waals surface area contributed by atoms with Gasteiger partial charge in [0.05, 0.1) is 23.3 Å². The highest BCUT2D eigenvalue weighted by Crippen LogP contribution is 2.26. The van der Waals surface area contributed by atoms with Gasteiger partial charge in [0.25, 0.3) is 5.91 Å². The van der Waals surface area contributed by atoms with Gasteiger partial charge < -0.3 is 24.7 Å². The van der Waals surface area contributed by atoms with Gasteiger partial charge in [-0.25, -0.2) is 9.48 Å². The maximum absolute atomic E-state index is 14.0. The van der Waals surface area contributed by atoms with Crippen LogP contribution in [0.4, 0.5) is 4.79 Å². The molecule has 2 amide bonds. The Hall–Kier alpha value is -3.47. The first-order valence-electron chi connectivity index (χ1n) is 12.6. The molecule has 2 heterocycles. The first-order chi connectivity index (χ1) is 17.6. The van der Waals surface area contributed by atoms with E-state index in [9.17, 15) is 24.6 Å². The lowest BCUT2D eigenvalue weighted by Crippen LogP contribution is -2.56. The molecule has 202 valence electrons. The molecule has 2 N–H and O–H groups in total. The number of rotatable bonds is 11. The highest BCUT2D eigenvalue weighted by molar-refractivity contribution is 5.94. The summed E-state index contributed by atoms with van der Waals surface area (Å²) in [5, 5.41) is 27.9. The molecule has 11 heteroatoms. The number of carboxylic acids is 1. The lowest BCUT2D eigenvalue weighted by molar-refractivity contribution is -0.144. The minimum absolute atomic E-state index is 0.0484. The highest BCUT2D eigenvalue weighted by Gasteiger charge is 2.39. The molecule has 0 spiro atoms. The van der Waals surface area contributed by atoms with Crippen molar-refractivity contribution >= 4 is 18.0 Å².